The number of allylic oxidation sites excluding steroid dienone is 5. The van der Waals surface area contributed by atoms with Gasteiger partial charge in [0.05, 0.1) is 39.9 Å². The summed E-state index contributed by atoms with van der Waals surface area (Å²) in [5.74, 6) is -0.212. The summed E-state index contributed by atoms with van der Waals surface area (Å²) in [5, 5.41) is 13.7. The first-order valence-electron chi connectivity index (χ1n) is 21.9. The summed E-state index contributed by atoms with van der Waals surface area (Å²) in [6.45, 7) is 4.60. The van der Waals surface area contributed by atoms with Gasteiger partial charge in [0.25, 0.3) is 7.82 Å². The Morgan fingerprint density at radius 2 is 1.06 bits per heavy atom. The molecule has 0 saturated heterocycles. The van der Waals surface area contributed by atoms with Crippen molar-refractivity contribution >= 4 is 13.7 Å². The number of aliphatic hydroxyl groups is 1. The fourth-order valence-electron chi connectivity index (χ4n) is 6.07. The molecule has 0 aromatic carbocycles. The van der Waals surface area contributed by atoms with Crippen molar-refractivity contribution in [3.8, 4) is 0 Å². The summed E-state index contributed by atoms with van der Waals surface area (Å²) in [6, 6.07) is -0.905. The number of aliphatic hydroxyl groups excluding tert-OH is 1. The van der Waals surface area contributed by atoms with Gasteiger partial charge in [-0.2, -0.15) is 0 Å². The van der Waals surface area contributed by atoms with E-state index in [1.54, 1.807) is 6.08 Å². The molecular formula is C44H85N2O6P. The third-order valence-corrected chi connectivity index (χ3v) is 10.5. The zero-order valence-electron chi connectivity index (χ0n) is 35.2. The number of phosphoric ester groups is 1. The zero-order valence-corrected chi connectivity index (χ0v) is 36.1. The van der Waals surface area contributed by atoms with E-state index >= 15 is 0 Å². The lowest BCUT2D eigenvalue weighted by atomic mass is 10.0. The van der Waals surface area contributed by atoms with E-state index in [-0.39, 0.29) is 12.5 Å². The topological polar surface area (TPSA) is 108 Å². The minimum atomic E-state index is -4.59. The summed E-state index contributed by atoms with van der Waals surface area (Å²) in [7, 11) is 1.24. The van der Waals surface area contributed by atoms with Crippen molar-refractivity contribution in [2.24, 2.45) is 0 Å². The van der Waals surface area contributed by atoms with Gasteiger partial charge in [-0.25, -0.2) is 0 Å². The van der Waals surface area contributed by atoms with Crippen molar-refractivity contribution in [1.29, 1.82) is 0 Å². The van der Waals surface area contributed by atoms with Gasteiger partial charge in [-0.05, 0) is 44.9 Å². The molecule has 312 valence electrons. The molecule has 0 rings (SSSR count). The number of carbonyl (C=O) groups excluding carboxylic acids is 1. The molecule has 0 aromatic heterocycles. The Morgan fingerprint density at radius 1 is 0.642 bits per heavy atom. The smallest absolute Gasteiger partial charge is 0.268 e. The maximum atomic E-state index is 12.8. The first-order valence-corrected chi connectivity index (χ1v) is 23.3. The highest BCUT2D eigenvalue weighted by Gasteiger charge is 2.23. The van der Waals surface area contributed by atoms with Crippen LogP contribution in [0.1, 0.15) is 187 Å². The molecule has 3 unspecified atom stereocenters. The van der Waals surface area contributed by atoms with Gasteiger partial charge in [-0.15, -0.1) is 0 Å². The molecule has 0 spiro atoms. The van der Waals surface area contributed by atoms with Crippen LogP contribution in [0.15, 0.2) is 36.5 Å². The summed E-state index contributed by atoms with van der Waals surface area (Å²) in [4.78, 5) is 25.3. The second-order valence-electron chi connectivity index (χ2n) is 16.0. The van der Waals surface area contributed by atoms with Gasteiger partial charge in [0.1, 0.15) is 13.2 Å². The number of nitrogens with one attached hydrogen (secondary N) is 1. The molecule has 0 aliphatic carbocycles. The third kappa shape index (κ3) is 38.8. The maximum Gasteiger partial charge on any atom is 0.268 e. The second-order valence-corrected chi connectivity index (χ2v) is 17.4. The number of quaternary nitrogens is 1. The van der Waals surface area contributed by atoms with Crippen LogP contribution in [0.3, 0.4) is 0 Å². The Balaban J connectivity index is 4.50. The van der Waals surface area contributed by atoms with Crippen molar-refractivity contribution in [1.82, 2.24) is 5.32 Å². The summed E-state index contributed by atoms with van der Waals surface area (Å²) >= 11 is 0. The van der Waals surface area contributed by atoms with Crippen molar-refractivity contribution in [3.05, 3.63) is 36.5 Å². The molecule has 53 heavy (non-hydrogen) atoms. The van der Waals surface area contributed by atoms with E-state index in [0.29, 0.717) is 17.4 Å². The van der Waals surface area contributed by atoms with E-state index in [9.17, 15) is 19.4 Å². The van der Waals surface area contributed by atoms with E-state index in [1.165, 1.54) is 122 Å². The molecule has 0 heterocycles. The van der Waals surface area contributed by atoms with Crippen LogP contribution in [-0.2, 0) is 18.4 Å². The first-order chi connectivity index (χ1) is 25.5. The van der Waals surface area contributed by atoms with Crippen LogP contribution in [0.2, 0.25) is 0 Å². The molecule has 1 amide bonds. The number of nitrogens with zero attached hydrogens (tertiary/aromatic N) is 1. The van der Waals surface area contributed by atoms with Crippen LogP contribution in [0.5, 0.6) is 0 Å². The molecular weight excluding hydrogens is 683 g/mol. The fourth-order valence-corrected chi connectivity index (χ4v) is 6.79. The molecule has 0 bridgehead atoms. The lowest BCUT2D eigenvalue weighted by Crippen LogP contribution is -2.45. The Morgan fingerprint density at radius 3 is 1.53 bits per heavy atom. The second kappa shape index (κ2) is 36.4. The molecule has 8 nitrogen and oxygen atoms in total. The maximum absolute atomic E-state index is 12.8. The monoisotopic (exact) mass is 769 g/mol. The van der Waals surface area contributed by atoms with Crippen LogP contribution in [0.4, 0.5) is 0 Å². The Kier molecular flexibility index (Phi) is 35.5. The number of rotatable bonds is 39. The van der Waals surface area contributed by atoms with Crippen LogP contribution in [0, 0.1) is 0 Å². The van der Waals surface area contributed by atoms with E-state index in [0.717, 1.165) is 44.9 Å². The SMILES string of the molecule is CCCCCCC/C=C/CC/C=C/CC/C=C/C(O)C(COP(=O)([O-])OCC[N+](C)(C)C)NC(=O)CCCCCCCCCCCCCCCCCC. The van der Waals surface area contributed by atoms with Gasteiger partial charge in [-0.3, -0.25) is 9.36 Å². The molecule has 9 heteroatoms. The average molecular weight is 769 g/mol. The number of hydrogen-bond acceptors (Lipinski definition) is 6. The zero-order chi connectivity index (χ0) is 39.3. The summed E-state index contributed by atoms with van der Waals surface area (Å²) in [6.07, 6.45) is 43.3. The number of amides is 1. The Hall–Kier alpha value is -1.28. The van der Waals surface area contributed by atoms with Crippen LogP contribution in [-0.4, -0.2) is 68.5 Å². The normalized spacial score (nSPS) is 14.8. The van der Waals surface area contributed by atoms with Gasteiger partial charge in [-0.1, -0.05) is 172 Å². The van der Waals surface area contributed by atoms with E-state index in [4.69, 9.17) is 9.05 Å². The molecule has 0 saturated carbocycles. The average Bonchev–Trinajstić information content (AvgIpc) is 3.10. The minimum absolute atomic E-state index is 0.00799. The molecule has 3 atom stereocenters. The summed E-state index contributed by atoms with van der Waals surface area (Å²) < 4.78 is 23.1. The predicted octanol–water partition coefficient (Wildman–Crippen LogP) is 11.3. The van der Waals surface area contributed by atoms with E-state index < -0.39 is 26.6 Å². The third-order valence-electron chi connectivity index (χ3n) is 9.58. The molecule has 0 aliphatic heterocycles. The number of phosphoric acid groups is 1. The minimum Gasteiger partial charge on any atom is -0.756 e. The number of unbranched alkanes of at least 4 members (excludes halogenated alkanes) is 22. The molecule has 0 aliphatic rings. The van der Waals surface area contributed by atoms with Crippen LogP contribution in [0.25, 0.3) is 0 Å². The van der Waals surface area contributed by atoms with Crippen LogP contribution < -0.4 is 10.2 Å². The van der Waals surface area contributed by atoms with Crippen molar-refractivity contribution in [2.45, 2.75) is 199 Å². The van der Waals surface area contributed by atoms with Crippen molar-refractivity contribution in [3.63, 3.8) is 0 Å². The van der Waals surface area contributed by atoms with E-state index in [1.807, 2.05) is 27.2 Å². The lowest BCUT2D eigenvalue weighted by Gasteiger charge is -2.29. The molecule has 0 fully saturated rings. The molecule has 2 N–H and O–H groups in total. The van der Waals surface area contributed by atoms with E-state index in [2.05, 4.69) is 43.5 Å². The molecule has 0 radical (unpaired) electrons. The number of likely N-dealkylation sites (N-methyl/N-ethyl adjacent to an activating group) is 1. The van der Waals surface area contributed by atoms with Crippen molar-refractivity contribution < 1.29 is 32.9 Å². The van der Waals surface area contributed by atoms with Gasteiger partial charge in [0.2, 0.25) is 5.91 Å². The standard InChI is InChI=1S/C44H85N2O6P/c1-6-8-10-12-14-16-18-20-22-24-26-28-30-32-34-36-38-44(48)45-42(41-52-53(49,50)51-40-39-46(3,4)5)43(47)37-35-33-31-29-27-25-23-21-19-17-15-13-11-9-7-2/h19,21,27,29,35,37,42-43,47H,6-18,20,22-26,28,30-34,36,38-41H2,1-5H3,(H-,45,48,49,50)/b21-19+,29-27+,37-35+. The number of carbonyl (C=O) groups is 1. The van der Waals surface area contributed by atoms with Gasteiger partial charge < -0.3 is 28.8 Å². The predicted molar refractivity (Wildman–Crippen MR) is 224 cm³/mol. The largest absolute Gasteiger partial charge is 0.756 e. The highest BCUT2D eigenvalue weighted by atomic mass is 31.2. The Bertz CT molecular complexity index is 964. The Labute approximate surface area is 327 Å². The fraction of sp³-hybridized carbons (Fsp3) is 0.841. The first kappa shape index (κ1) is 51.7. The van der Waals surface area contributed by atoms with Gasteiger partial charge >= 0.3 is 0 Å². The van der Waals surface area contributed by atoms with Gasteiger partial charge in [0.15, 0.2) is 0 Å². The highest BCUT2D eigenvalue weighted by Crippen LogP contribution is 2.38. The number of hydrogen-bond donors (Lipinski definition) is 2. The van der Waals surface area contributed by atoms with Crippen LogP contribution >= 0.6 is 7.82 Å². The summed E-state index contributed by atoms with van der Waals surface area (Å²) in [5.41, 5.74) is 0. The lowest BCUT2D eigenvalue weighted by molar-refractivity contribution is -0.870. The van der Waals surface area contributed by atoms with Gasteiger partial charge in [0, 0.05) is 6.42 Å². The molecule has 0 aromatic rings. The highest BCUT2D eigenvalue weighted by molar-refractivity contribution is 7.45. The quantitative estimate of drug-likeness (QED) is 0.0279. The van der Waals surface area contributed by atoms with Crippen molar-refractivity contribution in [2.75, 3.05) is 40.9 Å².